The third-order valence-electron chi connectivity index (χ3n) is 7.56. The highest BCUT2D eigenvalue weighted by molar-refractivity contribution is 9.11. The molecule has 4 aliphatic rings. The number of hydrazone groups is 1. The Morgan fingerprint density at radius 1 is 1.03 bits per heavy atom. The standard InChI is InChI=1S/C25H18Br2Cl2N2O3/c26-17-7-12(8-18(27)22(17)34-11-13-1-2-14(28)9-19(13)29)10-30-31-23(32)20-15-3-4-16(21(20)24(31)33)25(15)5-6-25/h1-4,7-10,15-16,20-21H,5-6,11H2/b30-10-/t15-,16-,20-,21+/m1/s1. The second-order valence-corrected chi connectivity index (χ2v) is 11.8. The van der Waals surface area contributed by atoms with Gasteiger partial charge in [0.15, 0.2) is 0 Å². The van der Waals surface area contributed by atoms with Crippen LogP contribution >= 0.6 is 55.1 Å². The molecule has 5 nitrogen and oxygen atoms in total. The van der Waals surface area contributed by atoms with E-state index in [1.807, 2.05) is 18.2 Å². The summed E-state index contributed by atoms with van der Waals surface area (Å²) in [4.78, 5) is 26.2. The molecule has 0 N–H and O–H groups in total. The first-order valence-corrected chi connectivity index (χ1v) is 13.3. The molecule has 1 heterocycles. The molecule has 4 atom stereocenters. The van der Waals surface area contributed by atoms with Crippen LogP contribution in [0.1, 0.15) is 24.0 Å². The molecule has 2 saturated carbocycles. The summed E-state index contributed by atoms with van der Waals surface area (Å²) in [6, 6.07) is 8.90. The molecule has 1 spiro atoms. The van der Waals surface area contributed by atoms with E-state index >= 15 is 0 Å². The molecule has 2 amide bonds. The van der Waals surface area contributed by atoms with E-state index < -0.39 is 0 Å². The largest absolute Gasteiger partial charge is 0.486 e. The Bertz CT molecular complexity index is 1250. The first-order chi connectivity index (χ1) is 16.3. The number of benzene rings is 2. The van der Waals surface area contributed by atoms with E-state index in [1.165, 1.54) is 6.21 Å². The molecule has 6 rings (SSSR count). The summed E-state index contributed by atoms with van der Waals surface area (Å²) in [7, 11) is 0. The zero-order chi connectivity index (χ0) is 23.8. The summed E-state index contributed by atoms with van der Waals surface area (Å²) in [6.45, 7) is 0.262. The van der Waals surface area contributed by atoms with Gasteiger partial charge in [-0.25, -0.2) is 0 Å². The SMILES string of the molecule is O=C1[C@@H]2[C@H](C(=O)N1/N=C\c1cc(Br)c(OCc3ccc(Cl)cc3Cl)c(Br)c1)[C@H]1C=C[C@H]2C12CC2. The van der Waals surface area contributed by atoms with Crippen LogP contribution in [0.4, 0.5) is 0 Å². The van der Waals surface area contributed by atoms with Crippen molar-refractivity contribution in [3.63, 3.8) is 0 Å². The van der Waals surface area contributed by atoms with Crippen LogP contribution in [-0.2, 0) is 16.2 Å². The van der Waals surface area contributed by atoms with E-state index in [4.69, 9.17) is 27.9 Å². The van der Waals surface area contributed by atoms with Crippen LogP contribution in [0, 0.1) is 29.1 Å². The predicted octanol–water partition coefficient (Wildman–Crippen LogP) is 6.63. The molecule has 0 aromatic heterocycles. The number of carbonyl (C=O) groups excluding carboxylic acids is 2. The van der Waals surface area contributed by atoms with E-state index in [0.717, 1.165) is 23.4 Å². The predicted molar refractivity (Wildman–Crippen MR) is 137 cm³/mol. The molecule has 1 aliphatic heterocycles. The Kier molecular flexibility index (Phi) is 5.48. The Hall–Kier alpha value is -1.67. The lowest BCUT2D eigenvalue weighted by Gasteiger charge is -2.18. The van der Waals surface area contributed by atoms with Crippen molar-refractivity contribution in [3.05, 3.63) is 72.6 Å². The highest BCUT2D eigenvalue weighted by Gasteiger charge is 2.73. The molecule has 3 fully saturated rings. The lowest BCUT2D eigenvalue weighted by molar-refractivity contribution is -0.141. The van der Waals surface area contributed by atoms with Crippen LogP contribution in [0.2, 0.25) is 10.0 Å². The maximum Gasteiger partial charge on any atom is 0.254 e. The van der Waals surface area contributed by atoms with Gasteiger partial charge in [-0.15, -0.1) is 0 Å². The smallest absolute Gasteiger partial charge is 0.254 e. The molecule has 2 aromatic carbocycles. The molecule has 1 saturated heterocycles. The van der Waals surface area contributed by atoms with E-state index in [0.29, 0.717) is 30.3 Å². The minimum Gasteiger partial charge on any atom is -0.486 e. The van der Waals surface area contributed by atoms with E-state index in [1.54, 1.807) is 12.1 Å². The first kappa shape index (κ1) is 22.8. The van der Waals surface area contributed by atoms with Gasteiger partial charge in [0.05, 0.1) is 27.0 Å². The number of rotatable bonds is 5. The molecule has 174 valence electrons. The summed E-state index contributed by atoms with van der Waals surface area (Å²) < 4.78 is 7.35. The number of halogens is 4. The average molecular weight is 625 g/mol. The van der Waals surface area contributed by atoms with Gasteiger partial charge in [0.1, 0.15) is 12.4 Å². The van der Waals surface area contributed by atoms with Crippen molar-refractivity contribution in [2.45, 2.75) is 19.4 Å². The fourth-order valence-corrected chi connectivity index (χ4v) is 7.80. The van der Waals surface area contributed by atoms with Crippen molar-refractivity contribution in [1.82, 2.24) is 5.01 Å². The Balaban J connectivity index is 1.18. The van der Waals surface area contributed by atoms with Gasteiger partial charge >= 0.3 is 0 Å². The van der Waals surface area contributed by atoms with Gasteiger partial charge in [0.2, 0.25) is 0 Å². The summed E-state index contributed by atoms with van der Waals surface area (Å²) in [6.07, 6.45) is 8.08. The second-order valence-electron chi connectivity index (χ2n) is 9.29. The van der Waals surface area contributed by atoms with Gasteiger partial charge in [-0.2, -0.15) is 10.1 Å². The molecule has 34 heavy (non-hydrogen) atoms. The van der Waals surface area contributed by atoms with Gasteiger partial charge in [0, 0.05) is 15.6 Å². The van der Waals surface area contributed by atoms with Crippen molar-refractivity contribution in [1.29, 1.82) is 0 Å². The van der Waals surface area contributed by atoms with Crippen molar-refractivity contribution >= 4 is 73.1 Å². The Morgan fingerprint density at radius 3 is 2.21 bits per heavy atom. The van der Waals surface area contributed by atoms with Crippen LogP contribution in [0.5, 0.6) is 5.75 Å². The Morgan fingerprint density at radius 2 is 1.65 bits per heavy atom. The maximum absolute atomic E-state index is 13.1. The zero-order valence-corrected chi connectivity index (χ0v) is 22.4. The number of allylic oxidation sites excluding steroid dienone is 2. The third kappa shape index (κ3) is 3.42. The zero-order valence-electron chi connectivity index (χ0n) is 17.7. The summed E-state index contributed by atoms with van der Waals surface area (Å²) >= 11 is 19.3. The van der Waals surface area contributed by atoms with Crippen LogP contribution < -0.4 is 4.74 Å². The number of amides is 2. The van der Waals surface area contributed by atoms with Crippen molar-refractivity contribution in [3.8, 4) is 5.75 Å². The summed E-state index contributed by atoms with van der Waals surface area (Å²) in [5, 5.41) is 6.47. The topological polar surface area (TPSA) is 59.0 Å². The lowest BCUT2D eigenvalue weighted by atomic mass is 9.85. The number of carbonyl (C=O) groups is 2. The molecule has 0 unspecified atom stereocenters. The number of hydrogen-bond donors (Lipinski definition) is 0. The lowest BCUT2D eigenvalue weighted by Crippen LogP contribution is -2.30. The second kappa shape index (κ2) is 8.19. The quantitative estimate of drug-likeness (QED) is 0.213. The molecular formula is C25H18Br2Cl2N2O3. The number of nitrogens with zero attached hydrogens (tertiary/aromatic N) is 2. The van der Waals surface area contributed by atoms with Crippen LogP contribution in [0.15, 0.2) is 56.5 Å². The molecule has 9 heteroatoms. The minimum atomic E-state index is -0.254. The summed E-state index contributed by atoms with van der Waals surface area (Å²) in [5.74, 6) is 0.122. The maximum atomic E-state index is 13.1. The first-order valence-electron chi connectivity index (χ1n) is 11.0. The van der Waals surface area contributed by atoms with Gasteiger partial charge in [-0.3, -0.25) is 9.59 Å². The van der Waals surface area contributed by atoms with Crippen LogP contribution in [0.25, 0.3) is 0 Å². The molecule has 2 bridgehead atoms. The number of hydrogen-bond acceptors (Lipinski definition) is 4. The van der Waals surface area contributed by atoms with Gasteiger partial charge in [0.25, 0.3) is 11.8 Å². The van der Waals surface area contributed by atoms with Gasteiger partial charge in [-0.05, 0) is 91.8 Å². The third-order valence-corrected chi connectivity index (χ3v) is 9.32. The number of fused-ring (bicyclic) bond motifs is 3. The molecule has 3 aliphatic carbocycles. The monoisotopic (exact) mass is 622 g/mol. The van der Waals surface area contributed by atoms with E-state index in [9.17, 15) is 9.59 Å². The molecular weight excluding hydrogens is 607 g/mol. The molecule has 2 aromatic rings. The van der Waals surface area contributed by atoms with E-state index in [2.05, 4.69) is 49.1 Å². The average Bonchev–Trinajstić information content (AvgIpc) is 3.39. The van der Waals surface area contributed by atoms with Gasteiger partial charge < -0.3 is 4.74 Å². The highest BCUT2D eigenvalue weighted by Crippen LogP contribution is 2.73. The summed E-state index contributed by atoms with van der Waals surface area (Å²) in [5.41, 5.74) is 1.70. The number of imide groups is 1. The van der Waals surface area contributed by atoms with Crippen molar-refractivity contribution < 1.29 is 14.3 Å². The highest BCUT2D eigenvalue weighted by atomic mass is 79.9. The minimum absolute atomic E-state index is 0.174. The van der Waals surface area contributed by atoms with Crippen LogP contribution in [-0.4, -0.2) is 23.0 Å². The Labute approximate surface area is 223 Å². The fourth-order valence-electron chi connectivity index (χ4n) is 5.88. The van der Waals surface area contributed by atoms with Crippen LogP contribution in [0.3, 0.4) is 0 Å². The number of ether oxygens (including phenoxy) is 1. The fraction of sp³-hybridized carbons (Fsp3) is 0.320. The van der Waals surface area contributed by atoms with Crippen molar-refractivity contribution in [2.75, 3.05) is 0 Å². The van der Waals surface area contributed by atoms with Gasteiger partial charge in [-0.1, -0.05) is 41.4 Å². The van der Waals surface area contributed by atoms with E-state index in [-0.39, 0.29) is 47.5 Å². The normalized spacial score (nSPS) is 27.9. The molecule has 0 radical (unpaired) electrons. The van der Waals surface area contributed by atoms with Crippen molar-refractivity contribution in [2.24, 2.45) is 34.2 Å².